The van der Waals surface area contributed by atoms with Gasteiger partial charge in [0.05, 0.1) is 11.8 Å². The van der Waals surface area contributed by atoms with E-state index in [1.54, 1.807) is 60.7 Å². The molecular formula is C38H22O8. The number of ketones is 2. The molecule has 10 rings (SSSR count). The van der Waals surface area contributed by atoms with Gasteiger partial charge in [0.1, 0.15) is 23.0 Å². The Morgan fingerprint density at radius 1 is 0.500 bits per heavy atom. The minimum absolute atomic E-state index is 0.0719. The average molecular weight is 607 g/mol. The molecule has 0 aromatic heterocycles. The molecule has 2 heterocycles. The highest BCUT2D eigenvalue weighted by Gasteiger charge is 2.70. The largest absolute Gasteiger partial charge is 0.508 e. The Hall–Kier alpha value is -5.70. The molecule has 0 amide bonds. The minimum Gasteiger partial charge on any atom is -0.508 e. The molecule has 0 radical (unpaired) electrons. The molecule has 0 fully saturated rings. The van der Waals surface area contributed by atoms with Crippen molar-refractivity contribution in [3.63, 3.8) is 0 Å². The van der Waals surface area contributed by atoms with Gasteiger partial charge in [-0.1, -0.05) is 60.7 Å². The van der Waals surface area contributed by atoms with Crippen molar-refractivity contribution in [2.24, 2.45) is 0 Å². The van der Waals surface area contributed by atoms with Crippen LogP contribution in [0.5, 0.6) is 23.0 Å². The van der Waals surface area contributed by atoms with Crippen LogP contribution in [-0.4, -0.2) is 43.6 Å². The van der Waals surface area contributed by atoms with Crippen molar-refractivity contribution >= 4 is 33.1 Å². The van der Waals surface area contributed by atoms with Crippen molar-refractivity contribution in [3.05, 3.63) is 119 Å². The predicted molar refractivity (Wildman–Crippen MR) is 167 cm³/mol. The number of ether oxygens (including phenoxy) is 2. The van der Waals surface area contributed by atoms with Crippen LogP contribution < -0.4 is 9.47 Å². The van der Waals surface area contributed by atoms with E-state index in [-0.39, 0.29) is 34.1 Å². The Bertz CT molecular complexity index is 2240. The summed E-state index contributed by atoms with van der Waals surface area (Å²) in [6.45, 7) is 0. The summed E-state index contributed by atoms with van der Waals surface area (Å²) in [6.07, 6.45) is 0. The van der Waals surface area contributed by atoms with Crippen LogP contribution in [-0.2, 0) is 0 Å². The van der Waals surface area contributed by atoms with Crippen LogP contribution in [0.2, 0.25) is 0 Å². The first kappa shape index (κ1) is 25.6. The molecule has 0 saturated carbocycles. The van der Waals surface area contributed by atoms with Gasteiger partial charge in [-0.25, -0.2) is 0 Å². The van der Waals surface area contributed by atoms with Gasteiger partial charge in [-0.05, 0) is 69.4 Å². The molecule has 2 aliphatic carbocycles. The molecule has 8 nitrogen and oxygen atoms in total. The second-order valence-electron chi connectivity index (χ2n) is 12.4. The third-order valence-electron chi connectivity index (χ3n) is 10.2. The lowest BCUT2D eigenvalue weighted by Gasteiger charge is -2.55. The molecule has 0 spiro atoms. The highest BCUT2D eigenvalue weighted by atomic mass is 16.6. The van der Waals surface area contributed by atoms with Crippen molar-refractivity contribution in [3.8, 4) is 45.3 Å². The Morgan fingerprint density at radius 2 is 0.870 bits per heavy atom. The standard InChI is InChI=1S/C38H22O8/c39-21-9-1-17(2-10-21)23-13-5-19-7-15-25-31-27(19)29(23)35(41)37(43)33(31)34-32-26(45-37)16-8-20-6-14-24(18-3-11-22(40)12-4-18)30(28(20)32)36(42)38(34,44)46-25/h1-16,33-34,39-40,43-44H/t33-,34+,37-,38-/m1/s1. The van der Waals surface area contributed by atoms with Gasteiger partial charge in [-0.2, -0.15) is 0 Å². The maximum absolute atomic E-state index is 14.7. The monoisotopic (exact) mass is 606 g/mol. The van der Waals surface area contributed by atoms with Crippen molar-refractivity contribution in [2.45, 2.75) is 23.4 Å². The zero-order valence-corrected chi connectivity index (χ0v) is 23.8. The van der Waals surface area contributed by atoms with Gasteiger partial charge in [0.25, 0.3) is 11.6 Å². The number of carbonyl (C=O) groups is 2. The maximum atomic E-state index is 14.7. The van der Waals surface area contributed by atoms with Crippen LogP contribution in [0.3, 0.4) is 0 Å². The molecule has 4 atom stereocenters. The van der Waals surface area contributed by atoms with Crippen LogP contribution in [0.1, 0.15) is 43.7 Å². The fourth-order valence-corrected chi connectivity index (χ4v) is 8.25. The number of carbonyl (C=O) groups excluding carboxylic acids is 2. The normalized spacial score (nSPS) is 24.7. The zero-order chi connectivity index (χ0) is 31.3. The van der Waals surface area contributed by atoms with E-state index in [1.807, 2.05) is 12.1 Å². The van der Waals surface area contributed by atoms with E-state index in [0.29, 0.717) is 44.2 Å². The minimum atomic E-state index is -2.47. The topological polar surface area (TPSA) is 134 Å². The van der Waals surface area contributed by atoms with E-state index in [9.17, 15) is 30.0 Å². The van der Waals surface area contributed by atoms with Crippen LogP contribution >= 0.6 is 0 Å². The van der Waals surface area contributed by atoms with Gasteiger partial charge in [-0.15, -0.1) is 0 Å². The van der Waals surface area contributed by atoms with Gasteiger partial charge in [0.15, 0.2) is 0 Å². The number of rotatable bonds is 2. The Morgan fingerprint density at radius 3 is 1.26 bits per heavy atom. The second-order valence-corrected chi connectivity index (χ2v) is 12.4. The fourth-order valence-electron chi connectivity index (χ4n) is 8.25. The molecule has 4 aliphatic rings. The van der Waals surface area contributed by atoms with Crippen LogP contribution in [0.4, 0.5) is 0 Å². The first-order chi connectivity index (χ1) is 22.2. The summed E-state index contributed by atoms with van der Waals surface area (Å²) in [7, 11) is 0. The first-order valence-corrected chi connectivity index (χ1v) is 14.9. The number of hydrogen-bond donors (Lipinski definition) is 4. The molecule has 222 valence electrons. The van der Waals surface area contributed by atoms with Crippen molar-refractivity contribution in [1.29, 1.82) is 0 Å². The van der Waals surface area contributed by atoms with Gasteiger partial charge in [-0.3, -0.25) is 9.59 Å². The summed E-state index contributed by atoms with van der Waals surface area (Å²) in [5.41, 5.74) is 3.80. The third kappa shape index (κ3) is 2.87. The van der Waals surface area contributed by atoms with Crippen LogP contribution in [0.15, 0.2) is 97.1 Å². The molecule has 0 unspecified atom stereocenters. The van der Waals surface area contributed by atoms with Crippen molar-refractivity contribution in [1.82, 2.24) is 0 Å². The van der Waals surface area contributed by atoms with Gasteiger partial charge in [0.2, 0.25) is 11.6 Å². The third-order valence-corrected chi connectivity index (χ3v) is 10.2. The number of phenols is 2. The number of aliphatic hydroxyl groups is 2. The zero-order valence-electron chi connectivity index (χ0n) is 23.8. The van der Waals surface area contributed by atoms with E-state index in [2.05, 4.69) is 0 Å². The second kappa shape index (κ2) is 8.11. The molecule has 6 aromatic rings. The van der Waals surface area contributed by atoms with E-state index in [4.69, 9.17) is 9.47 Å². The predicted octanol–water partition coefficient (Wildman–Crippen LogP) is 6.16. The van der Waals surface area contributed by atoms with Gasteiger partial charge < -0.3 is 29.9 Å². The Kier molecular flexibility index (Phi) is 4.52. The summed E-state index contributed by atoms with van der Waals surface area (Å²) < 4.78 is 12.7. The van der Waals surface area contributed by atoms with Crippen molar-refractivity contribution < 1.29 is 39.5 Å². The summed E-state index contributed by atoms with van der Waals surface area (Å²) >= 11 is 0. The quantitative estimate of drug-likeness (QED) is 0.184. The van der Waals surface area contributed by atoms with Gasteiger partial charge >= 0.3 is 0 Å². The summed E-state index contributed by atoms with van der Waals surface area (Å²) in [5.74, 6) is -8.19. The number of Topliss-reactive ketones (excluding diaryl/α,β-unsaturated/α-hetero) is 2. The summed E-state index contributed by atoms with van der Waals surface area (Å²) in [5, 5.41) is 47.4. The number of benzene rings is 6. The summed E-state index contributed by atoms with van der Waals surface area (Å²) in [6, 6.07) is 27.0. The highest BCUT2D eigenvalue weighted by molar-refractivity contribution is 6.23. The lowest BCUT2D eigenvalue weighted by molar-refractivity contribution is -0.193. The Balaban J connectivity index is 1.32. The molecule has 8 heteroatoms. The van der Waals surface area contributed by atoms with E-state index in [0.717, 1.165) is 10.8 Å². The van der Waals surface area contributed by atoms with Crippen LogP contribution in [0.25, 0.3) is 43.8 Å². The molecular weight excluding hydrogens is 584 g/mol. The number of aromatic hydroxyl groups is 2. The lowest BCUT2D eigenvalue weighted by Crippen LogP contribution is -2.65. The first-order valence-electron chi connectivity index (χ1n) is 14.9. The fraction of sp³-hybridized carbons (Fsp3) is 0.105. The van der Waals surface area contributed by atoms with Crippen molar-refractivity contribution in [2.75, 3.05) is 0 Å². The molecule has 4 N–H and O–H groups in total. The molecule has 2 aliphatic heterocycles. The molecule has 0 saturated heterocycles. The summed E-state index contributed by atoms with van der Waals surface area (Å²) in [4.78, 5) is 29.4. The molecule has 0 bridgehead atoms. The SMILES string of the molecule is O=C1c2c(-c3ccc(O)cc3)ccc3ccc4c(c23)[C@@H]2[C@@H]3c5c(ccc6ccc(-c7ccc(O)cc7)c(c56)C(=O)[C@]3(O)O4)O[C@@]12O. The maximum Gasteiger partial charge on any atom is 0.280 e. The Labute approximate surface area is 260 Å². The lowest BCUT2D eigenvalue weighted by atomic mass is 9.59. The highest BCUT2D eigenvalue weighted by Crippen LogP contribution is 2.66. The number of phenolic OH excluding ortho intramolecular Hbond substituents is 2. The number of hydrogen-bond acceptors (Lipinski definition) is 8. The molecule has 6 aromatic carbocycles. The average Bonchev–Trinajstić information content (AvgIpc) is 3.06. The van der Waals surface area contributed by atoms with E-state index in [1.165, 1.54) is 24.3 Å². The van der Waals surface area contributed by atoms with Crippen LogP contribution in [0, 0.1) is 0 Å². The van der Waals surface area contributed by atoms with Gasteiger partial charge in [0, 0.05) is 33.0 Å². The molecule has 46 heavy (non-hydrogen) atoms. The van der Waals surface area contributed by atoms with E-state index < -0.39 is 35.0 Å². The van der Waals surface area contributed by atoms with E-state index >= 15 is 0 Å². The smallest absolute Gasteiger partial charge is 0.280 e.